The molecule has 0 aliphatic carbocycles. The number of anilines is 1. The molecule has 27 heavy (non-hydrogen) atoms. The lowest BCUT2D eigenvalue weighted by molar-refractivity contribution is 0.217. The molecule has 0 aromatic heterocycles. The van der Waals surface area contributed by atoms with Crippen molar-refractivity contribution in [2.45, 2.75) is 26.8 Å². The zero-order valence-electron chi connectivity index (χ0n) is 16.1. The van der Waals surface area contributed by atoms with Gasteiger partial charge in [-0.2, -0.15) is 0 Å². The molecule has 1 N–H and O–H groups in total. The topological polar surface area (TPSA) is 30.5 Å². The smallest absolute Gasteiger partial charge is 0.122 e. The van der Waals surface area contributed by atoms with E-state index in [1.54, 1.807) is 0 Å². The van der Waals surface area contributed by atoms with Gasteiger partial charge in [-0.05, 0) is 54.3 Å². The van der Waals surface area contributed by atoms with Crippen LogP contribution in [-0.4, -0.2) is 13.2 Å². The minimum Gasteiger partial charge on any atom is -0.490 e. The Morgan fingerprint density at radius 2 is 1.41 bits per heavy atom. The predicted octanol–water partition coefficient (Wildman–Crippen LogP) is 5.63. The van der Waals surface area contributed by atoms with Crippen molar-refractivity contribution in [1.29, 1.82) is 0 Å². The zero-order valence-corrected chi connectivity index (χ0v) is 16.1. The molecule has 0 heterocycles. The Labute approximate surface area is 162 Å². The quantitative estimate of drug-likeness (QED) is 0.501. The SMILES string of the molecule is CCc1cccc(C)c1NCc1ccc(OCCOc2ccccc2)cc1. The highest BCUT2D eigenvalue weighted by Crippen LogP contribution is 2.22. The van der Waals surface area contributed by atoms with Crippen LogP contribution in [-0.2, 0) is 13.0 Å². The van der Waals surface area contributed by atoms with E-state index in [9.17, 15) is 0 Å². The molecule has 3 aromatic rings. The van der Waals surface area contributed by atoms with Gasteiger partial charge in [-0.25, -0.2) is 0 Å². The van der Waals surface area contributed by atoms with E-state index in [4.69, 9.17) is 9.47 Å². The van der Waals surface area contributed by atoms with Gasteiger partial charge >= 0.3 is 0 Å². The van der Waals surface area contributed by atoms with Crippen molar-refractivity contribution in [1.82, 2.24) is 0 Å². The predicted molar refractivity (Wildman–Crippen MR) is 112 cm³/mol. The summed E-state index contributed by atoms with van der Waals surface area (Å²) in [6.45, 7) is 6.19. The fourth-order valence-electron chi connectivity index (χ4n) is 3.01. The van der Waals surface area contributed by atoms with Crippen LogP contribution in [0.3, 0.4) is 0 Å². The van der Waals surface area contributed by atoms with Crippen molar-refractivity contribution in [3.63, 3.8) is 0 Å². The molecule has 0 saturated heterocycles. The number of ether oxygens (including phenoxy) is 2. The van der Waals surface area contributed by atoms with E-state index in [1.165, 1.54) is 22.4 Å². The Morgan fingerprint density at radius 3 is 2.07 bits per heavy atom. The van der Waals surface area contributed by atoms with Crippen LogP contribution >= 0.6 is 0 Å². The molecule has 0 unspecified atom stereocenters. The Balaban J connectivity index is 1.46. The minimum atomic E-state index is 0.523. The summed E-state index contributed by atoms with van der Waals surface area (Å²) in [7, 11) is 0. The molecule has 3 aromatic carbocycles. The average Bonchev–Trinajstić information content (AvgIpc) is 2.72. The van der Waals surface area contributed by atoms with Gasteiger partial charge < -0.3 is 14.8 Å². The Hall–Kier alpha value is -2.94. The van der Waals surface area contributed by atoms with E-state index >= 15 is 0 Å². The van der Waals surface area contributed by atoms with E-state index < -0.39 is 0 Å². The Kier molecular flexibility index (Phi) is 6.75. The summed E-state index contributed by atoms with van der Waals surface area (Å²) in [4.78, 5) is 0. The van der Waals surface area contributed by atoms with Crippen molar-refractivity contribution < 1.29 is 9.47 Å². The van der Waals surface area contributed by atoms with Crippen LogP contribution in [0.2, 0.25) is 0 Å². The van der Waals surface area contributed by atoms with Crippen LogP contribution in [0.4, 0.5) is 5.69 Å². The lowest BCUT2D eigenvalue weighted by Gasteiger charge is -2.14. The van der Waals surface area contributed by atoms with E-state index in [1.807, 2.05) is 42.5 Å². The first-order chi connectivity index (χ1) is 13.3. The lowest BCUT2D eigenvalue weighted by Crippen LogP contribution is -2.09. The standard InChI is InChI=1S/C24H27NO2/c1-3-21-9-7-8-19(2)24(21)25-18-20-12-14-23(15-13-20)27-17-16-26-22-10-5-4-6-11-22/h4-15,25H,3,16-18H2,1-2H3. The van der Waals surface area contributed by atoms with Crippen molar-refractivity contribution >= 4 is 5.69 Å². The van der Waals surface area contributed by atoms with Gasteiger partial charge in [0.15, 0.2) is 0 Å². The fourth-order valence-corrected chi connectivity index (χ4v) is 3.01. The normalized spacial score (nSPS) is 10.4. The van der Waals surface area contributed by atoms with Crippen LogP contribution in [0.25, 0.3) is 0 Å². The third-order valence-electron chi connectivity index (χ3n) is 4.50. The summed E-state index contributed by atoms with van der Waals surface area (Å²) in [5, 5.41) is 3.58. The van der Waals surface area contributed by atoms with Gasteiger partial charge in [-0.1, -0.05) is 55.5 Å². The van der Waals surface area contributed by atoms with E-state index in [0.29, 0.717) is 13.2 Å². The number of rotatable bonds is 9. The monoisotopic (exact) mass is 361 g/mol. The molecule has 0 spiro atoms. The van der Waals surface area contributed by atoms with Gasteiger partial charge in [0.1, 0.15) is 24.7 Å². The maximum atomic E-state index is 5.76. The van der Waals surface area contributed by atoms with Crippen LogP contribution in [0.15, 0.2) is 72.8 Å². The number of hydrogen-bond donors (Lipinski definition) is 1. The number of hydrogen-bond acceptors (Lipinski definition) is 3. The molecular weight excluding hydrogens is 334 g/mol. The molecule has 0 amide bonds. The fraction of sp³-hybridized carbons (Fsp3) is 0.250. The zero-order chi connectivity index (χ0) is 18.9. The third kappa shape index (κ3) is 5.52. The lowest BCUT2D eigenvalue weighted by atomic mass is 10.1. The second-order valence-corrected chi connectivity index (χ2v) is 6.47. The second-order valence-electron chi connectivity index (χ2n) is 6.47. The molecule has 0 fully saturated rings. The molecule has 0 bridgehead atoms. The molecular formula is C24H27NO2. The Bertz CT molecular complexity index is 829. The van der Waals surface area contributed by atoms with Crippen molar-refractivity contribution in [2.75, 3.05) is 18.5 Å². The first-order valence-corrected chi connectivity index (χ1v) is 9.48. The van der Waals surface area contributed by atoms with E-state index in [0.717, 1.165) is 24.5 Å². The Morgan fingerprint density at radius 1 is 0.741 bits per heavy atom. The van der Waals surface area contributed by atoms with Gasteiger partial charge in [0.2, 0.25) is 0 Å². The van der Waals surface area contributed by atoms with E-state index in [-0.39, 0.29) is 0 Å². The molecule has 0 aliphatic heterocycles. The molecule has 3 heteroatoms. The summed E-state index contributed by atoms with van der Waals surface area (Å²) in [6, 6.07) is 24.5. The number of aryl methyl sites for hydroxylation is 2. The highest BCUT2D eigenvalue weighted by atomic mass is 16.5. The van der Waals surface area contributed by atoms with Gasteiger partial charge in [0, 0.05) is 12.2 Å². The number of benzene rings is 3. The van der Waals surface area contributed by atoms with E-state index in [2.05, 4.69) is 49.5 Å². The summed E-state index contributed by atoms with van der Waals surface area (Å²) < 4.78 is 11.4. The summed E-state index contributed by atoms with van der Waals surface area (Å²) in [6.07, 6.45) is 1.03. The summed E-state index contributed by atoms with van der Waals surface area (Å²) in [5.74, 6) is 1.73. The third-order valence-corrected chi connectivity index (χ3v) is 4.50. The molecule has 0 saturated carbocycles. The van der Waals surface area contributed by atoms with Crippen LogP contribution in [0.1, 0.15) is 23.6 Å². The maximum Gasteiger partial charge on any atom is 0.122 e. The van der Waals surface area contributed by atoms with Crippen molar-refractivity contribution in [2.24, 2.45) is 0 Å². The molecule has 0 radical (unpaired) electrons. The molecule has 3 rings (SSSR count). The highest BCUT2D eigenvalue weighted by molar-refractivity contribution is 5.57. The van der Waals surface area contributed by atoms with Crippen LogP contribution in [0, 0.1) is 6.92 Å². The van der Waals surface area contributed by atoms with Gasteiger partial charge in [0.25, 0.3) is 0 Å². The van der Waals surface area contributed by atoms with Gasteiger partial charge in [-0.15, -0.1) is 0 Å². The number of nitrogens with one attached hydrogen (secondary N) is 1. The molecule has 140 valence electrons. The first kappa shape index (κ1) is 18.8. The molecule has 3 nitrogen and oxygen atoms in total. The molecule has 0 atom stereocenters. The second kappa shape index (κ2) is 9.67. The maximum absolute atomic E-state index is 5.76. The van der Waals surface area contributed by atoms with Crippen LogP contribution in [0.5, 0.6) is 11.5 Å². The highest BCUT2D eigenvalue weighted by Gasteiger charge is 2.04. The summed E-state index contributed by atoms with van der Waals surface area (Å²) in [5.41, 5.74) is 5.12. The summed E-state index contributed by atoms with van der Waals surface area (Å²) >= 11 is 0. The van der Waals surface area contributed by atoms with Gasteiger partial charge in [-0.3, -0.25) is 0 Å². The molecule has 0 aliphatic rings. The average molecular weight is 361 g/mol. The first-order valence-electron chi connectivity index (χ1n) is 9.48. The van der Waals surface area contributed by atoms with Crippen LogP contribution < -0.4 is 14.8 Å². The van der Waals surface area contributed by atoms with Gasteiger partial charge in [0.05, 0.1) is 0 Å². The van der Waals surface area contributed by atoms with Crippen molar-refractivity contribution in [3.8, 4) is 11.5 Å². The van der Waals surface area contributed by atoms with Crippen molar-refractivity contribution in [3.05, 3.63) is 89.5 Å². The largest absolute Gasteiger partial charge is 0.490 e. The number of para-hydroxylation sites is 2. The minimum absolute atomic E-state index is 0.523.